The van der Waals surface area contributed by atoms with Gasteiger partial charge in [0.15, 0.2) is 0 Å². The van der Waals surface area contributed by atoms with Crippen molar-refractivity contribution in [2.24, 2.45) is 0 Å². The van der Waals surface area contributed by atoms with E-state index in [4.69, 9.17) is 0 Å². The van der Waals surface area contributed by atoms with Gasteiger partial charge in [-0.3, -0.25) is 4.79 Å². The second kappa shape index (κ2) is 7.14. The maximum atomic E-state index is 12.0. The number of nitrogens with one attached hydrogen (secondary N) is 1. The van der Waals surface area contributed by atoms with Gasteiger partial charge in [-0.15, -0.1) is 0 Å². The molecule has 0 bridgehead atoms. The fourth-order valence-electron chi connectivity index (χ4n) is 2.00. The van der Waals surface area contributed by atoms with Gasteiger partial charge in [0.1, 0.15) is 0 Å². The smallest absolute Gasteiger partial charge is 0.251 e. The summed E-state index contributed by atoms with van der Waals surface area (Å²) in [6.07, 6.45) is 0.966. The van der Waals surface area contributed by atoms with Crippen LogP contribution in [0.4, 0.5) is 5.69 Å². The molecule has 1 N–H and O–H groups in total. The molecule has 106 valence electrons. The lowest BCUT2D eigenvalue weighted by molar-refractivity contribution is 0.0952. The van der Waals surface area contributed by atoms with Gasteiger partial charge in [-0.2, -0.15) is 0 Å². The molecule has 19 heavy (non-hydrogen) atoms. The van der Waals surface area contributed by atoms with Crippen molar-refractivity contribution < 1.29 is 4.79 Å². The molecule has 0 aliphatic rings. The molecule has 4 nitrogen and oxygen atoms in total. The Bertz CT molecular complexity index is 427. The van der Waals surface area contributed by atoms with Crippen molar-refractivity contribution in [2.75, 3.05) is 46.2 Å². The first-order chi connectivity index (χ1) is 8.91. The Morgan fingerprint density at radius 3 is 2.42 bits per heavy atom. The lowest BCUT2D eigenvalue weighted by Gasteiger charge is -2.16. The maximum Gasteiger partial charge on any atom is 0.251 e. The van der Waals surface area contributed by atoms with Gasteiger partial charge in [0.2, 0.25) is 0 Å². The molecule has 0 radical (unpaired) electrons. The highest BCUT2D eigenvalue weighted by Crippen LogP contribution is 2.18. The fraction of sp³-hybridized carbons (Fsp3) is 0.533. The minimum absolute atomic E-state index is 0.00663. The summed E-state index contributed by atoms with van der Waals surface area (Å²) >= 11 is 0. The highest BCUT2D eigenvalue weighted by Gasteiger charge is 2.08. The van der Waals surface area contributed by atoms with Gasteiger partial charge in [-0.05, 0) is 57.7 Å². The van der Waals surface area contributed by atoms with Crippen molar-refractivity contribution in [1.82, 2.24) is 10.2 Å². The predicted octanol–water partition coefficient (Wildman–Crippen LogP) is 1.74. The molecule has 1 aromatic rings. The molecule has 0 aliphatic heterocycles. The van der Waals surface area contributed by atoms with Gasteiger partial charge in [0.05, 0.1) is 0 Å². The Hall–Kier alpha value is -1.55. The lowest BCUT2D eigenvalue weighted by Crippen LogP contribution is -2.27. The minimum Gasteiger partial charge on any atom is -0.377 e. The SMILES string of the molecule is Cc1cc(C(=O)NCCCN(C)C)ccc1N(C)C. The molecule has 1 aromatic carbocycles. The first-order valence-corrected chi connectivity index (χ1v) is 6.62. The van der Waals surface area contributed by atoms with Crippen LogP contribution in [0.25, 0.3) is 0 Å². The van der Waals surface area contributed by atoms with E-state index in [1.807, 2.05) is 58.2 Å². The largest absolute Gasteiger partial charge is 0.377 e. The van der Waals surface area contributed by atoms with E-state index in [-0.39, 0.29) is 5.91 Å². The van der Waals surface area contributed by atoms with Crippen LogP contribution in [0.2, 0.25) is 0 Å². The van der Waals surface area contributed by atoms with E-state index in [0.717, 1.165) is 29.8 Å². The van der Waals surface area contributed by atoms with Crippen LogP contribution in [-0.2, 0) is 0 Å². The number of anilines is 1. The number of amides is 1. The average Bonchev–Trinajstić information content (AvgIpc) is 2.33. The molecule has 0 aromatic heterocycles. The zero-order valence-electron chi connectivity index (χ0n) is 12.7. The van der Waals surface area contributed by atoms with Crippen LogP contribution in [0.3, 0.4) is 0 Å². The van der Waals surface area contributed by atoms with Crippen LogP contribution in [0.15, 0.2) is 18.2 Å². The number of carbonyl (C=O) groups is 1. The Labute approximate surface area is 116 Å². The van der Waals surface area contributed by atoms with Crippen LogP contribution < -0.4 is 10.2 Å². The first-order valence-electron chi connectivity index (χ1n) is 6.62. The topological polar surface area (TPSA) is 35.6 Å². The molecule has 1 amide bonds. The summed E-state index contributed by atoms with van der Waals surface area (Å²) < 4.78 is 0. The number of carbonyl (C=O) groups excluding carboxylic acids is 1. The van der Waals surface area contributed by atoms with E-state index in [1.54, 1.807) is 0 Å². The molecule has 0 spiro atoms. The molecule has 4 heteroatoms. The number of hydrogen-bond acceptors (Lipinski definition) is 3. The third kappa shape index (κ3) is 4.91. The summed E-state index contributed by atoms with van der Waals surface area (Å²) in [5, 5.41) is 2.95. The van der Waals surface area contributed by atoms with Crippen LogP contribution >= 0.6 is 0 Å². The molecule has 0 heterocycles. The van der Waals surface area contributed by atoms with Gasteiger partial charge in [0.25, 0.3) is 5.91 Å². The molecule has 0 saturated carbocycles. The highest BCUT2D eigenvalue weighted by molar-refractivity contribution is 5.94. The standard InChI is InChI=1S/C15H25N3O/c1-12-11-13(7-8-14(12)18(4)5)15(19)16-9-6-10-17(2)3/h7-8,11H,6,9-10H2,1-5H3,(H,16,19). The Morgan fingerprint density at radius 2 is 1.89 bits per heavy atom. The van der Waals surface area contributed by atoms with E-state index in [9.17, 15) is 4.79 Å². The van der Waals surface area contributed by atoms with Crippen LogP contribution in [0.5, 0.6) is 0 Å². The fourth-order valence-corrected chi connectivity index (χ4v) is 2.00. The Kier molecular flexibility index (Phi) is 5.83. The highest BCUT2D eigenvalue weighted by atomic mass is 16.1. The molecule has 0 aliphatic carbocycles. The summed E-state index contributed by atoms with van der Waals surface area (Å²) in [7, 11) is 8.07. The van der Waals surface area contributed by atoms with Gasteiger partial charge in [-0.1, -0.05) is 0 Å². The quantitative estimate of drug-likeness (QED) is 0.794. The molecule has 0 saturated heterocycles. The van der Waals surface area contributed by atoms with Crippen LogP contribution in [-0.4, -0.2) is 52.1 Å². The number of nitrogens with zero attached hydrogens (tertiary/aromatic N) is 2. The molecule has 0 atom stereocenters. The summed E-state index contributed by atoms with van der Waals surface area (Å²) in [4.78, 5) is 16.1. The van der Waals surface area contributed by atoms with Crippen molar-refractivity contribution in [3.8, 4) is 0 Å². The van der Waals surface area contributed by atoms with E-state index >= 15 is 0 Å². The summed E-state index contributed by atoms with van der Waals surface area (Å²) in [5.74, 6) is 0.00663. The van der Waals surface area contributed by atoms with E-state index in [2.05, 4.69) is 10.2 Å². The van der Waals surface area contributed by atoms with E-state index in [1.165, 1.54) is 0 Å². The summed E-state index contributed by atoms with van der Waals surface area (Å²) in [5.41, 5.74) is 2.99. The summed E-state index contributed by atoms with van der Waals surface area (Å²) in [6, 6.07) is 5.81. The molecule has 0 fully saturated rings. The van der Waals surface area contributed by atoms with Gasteiger partial charge in [-0.25, -0.2) is 0 Å². The van der Waals surface area contributed by atoms with Gasteiger partial charge < -0.3 is 15.1 Å². The zero-order valence-corrected chi connectivity index (χ0v) is 12.7. The summed E-state index contributed by atoms with van der Waals surface area (Å²) in [6.45, 7) is 3.72. The first kappa shape index (κ1) is 15.5. The van der Waals surface area contributed by atoms with E-state index in [0.29, 0.717) is 6.54 Å². The molecular formula is C15H25N3O. The molecule has 1 rings (SSSR count). The third-order valence-corrected chi connectivity index (χ3v) is 3.01. The normalized spacial score (nSPS) is 10.6. The number of benzene rings is 1. The number of hydrogen-bond donors (Lipinski definition) is 1. The van der Waals surface area contributed by atoms with Crippen LogP contribution in [0.1, 0.15) is 22.3 Å². The molecular weight excluding hydrogens is 238 g/mol. The van der Waals surface area contributed by atoms with Gasteiger partial charge in [0, 0.05) is 31.9 Å². The second-order valence-electron chi connectivity index (χ2n) is 5.31. The van der Waals surface area contributed by atoms with Crippen molar-refractivity contribution >= 4 is 11.6 Å². The van der Waals surface area contributed by atoms with Crippen molar-refractivity contribution in [3.63, 3.8) is 0 Å². The predicted molar refractivity (Wildman–Crippen MR) is 81.0 cm³/mol. The Balaban J connectivity index is 2.56. The van der Waals surface area contributed by atoms with Crippen molar-refractivity contribution in [3.05, 3.63) is 29.3 Å². The second-order valence-corrected chi connectivity index (χ2v) is 5.31. The lowest BCUT2D eigenvalue weighted by atomic mass is 10.1. The number of rotatable bonds is 6. The minimum atomic E-state index is 0.00663. The Morgan fingerprint density at radius 1 is 1.21 bits per heavy atom. The van der Waals surface area contributed by atoms with E-state index < -0.39 is 0 Å². The molecule has 0 unspecified atom stereocenters. The maximum absolute atomic E-state index is 12.0. The average molecular weight is 263 g/mol. The van der Waals surface area contributed by atoms with Gasteiger partial charge >= 0.3 is 0 Å². The van der Waals surface area contributed by atoms with Crippen molar-refractivity contribution in [1.29, 1.82) is 0 Å². The third-order valence-electron chi connectivity index (χ3n) is 3.01. The monoisotopic (exact) mass is 263 g/mol. The zero-order chi connectivity index (χ0) is 14.4. The van der Waals surface area contributed by atoms with Crippen molar-refractivity contribution in [2.45, 2.75) is 13.3 Å². The van der Waals surface area contributed by atoms with Crippen LogP contribution in [0, 0.1) is 6.92 Å². The number of aryl methyl sites for hydroxylation is 1.